The largest absolute Gasteiger partial charge is 0.393 e. The van der Waals surface area contributed by atoms with E-state index in [1.54, 1.807) is 0 Å². The second-order valence-electron chi connectivity index (χ2n) is 39.1. The summed E-state index contributed by atoms with van der Waals surface area (Å²) in [6.45, 7) is 34.3. The van der Waals surface area contributed by atoms with Gasteiger partial charge in [0.15, 0.2) is 11.6 Å². The van der Waals surface area contributed by atoms with Crippen LogP contribution in [-0.2, 0) is 23.7 Å². The van der Waals surface area contributed by atoms with Gasteiger partial charge in [-0.1, -0.05) is 90.0 Å². The number of fused-ring (bicyclic) bond motifs is 21. The molecule has 5 heterocycles. The lowest BCUT2D eigenvalue weighted by molar-refractivity contribution is -0.273. The van der Waals surface area contributed by atoms with Gasteiger partial charge >= 0.3 is 0 Å². The molecule has 17 aliphatic rings. The summed E-state index contributed by atoms with van der Waals surface area (Å²) in [7, 11) is 0. The van der Waals surface area contributed by atoms with E-state index < -0.39 is 0 Å². The molecule has 3 unspecified atom stereocenters. The van der Waals surface area contributed by atoms with Crippen LogP contribution in [-0.4, -0.2) is 82.8 Å². The molecule has 35 atom stereocenters. The fourth-order valence-electron chi connectivity index (χ4n) is 30.3. The summed E-state index contributed by atoms with van der Waals surface area (Å²) in [5, 5.41) is 30.9. The van der Waals surface area contributed by atoms with Gasteiger partial charge in [-0.3, -0.25) is 0 Å². The zero-order chi connectivity index (χ0) is 62.3. The van der Waals surface area contributed by atoms with Crippen LogP contribution < -0.4 is 0 Å². The quantitative estimate of drug-likeness (QED) is 0.257. The third-order valence-electron chi connectivity index (χ3n) is 35.1. The highest BCUT2D eigenvalue weighted by molar-refractivity contribution is 5.19. The smallest absolute Gasteiger partial charge is 0.171 e. The second-order valence-corrected chi connectivity index (χ2v) is 39.1. The molecule has 0 aromatic heterocycles. The summed E-state index contributed by atoms with van der Waals surface area (Å²) in [4.78, 5) is 0. The highest BCUT2D eigenvalue weighted by atomic mass is 16.7. The van der Waals surface area contributed by atoms with E-state index in [1.807, 2.05) is 0 Å². The molecule has 17 rings (SSSR count). The Bertz CT molecular complexity index is 2400. The molecule has 0 radical (unpaired) electrons. The molecular formula is C81H134O8. The van der Waals surface area contributed by atoms with Crippen LogP contribution in [0.3, 0.4) is 0 Å². The van der Waals surface area contributed by atoms with E-state index in [1.165, 1.54) is 141 Å². The SMILES string of the molecule is CC(C)CCC1OC2C[C@H]3[C@@H]4CC[C@@H]5C[C@@H](O)CC[C@]5(C)[C@H]4CC[C@]3(C)[C@H]2[C@@H]1C.C[C@@H]1CC[C@@]2(OC1)O[C@H]1C[C@H]3[C@@H]4CCC5C[C@@H](O)CC[C@]5(C)[C@H]4CC[C@]3(C)[C@H]1[C@@H]2C.C[C@H]1CC[C@@]2(OC1)O[C@H]1C[C@H]3[C@@H]4CC[C@@H]5C[C@@H](O)CC[C@]5(C)[C@H]4CC[C@]3(C)[C@H]1[C@@H]2C. The van der Waals surface area contributed by atoms with Crippen molar-refractivity contribution >= 4 is 0 Å². The highest BCUT2D eigenvalue weighted by Crippen LogP contribution is 2.75. The lowest BCUT2D eigenvalue weighted by Crippen LogP contribution is -2.55. The highest BCUT2D eigenvalue weighted by Gasteiger charge is 2.72. The van der Waals surface area contributed by atoms with Gasteiger partial charge < -0.3 is 39.0 Å². The molecule has 8 nitrogen and oxygen atoms in total. The minimum atomic E-state index is -0.282. The third-order valence-corrected chi connectivity index (χ3v) is 35.1. The number of ether oxygens (including phenoxy) is 5. The van der Waals surface area contributed by atoms with Crippen molar-refractivity contribution in [3.63, 3.8) is 0 Å². The first-order valence-electron chi connectivity index (χ1n) is 39.6. The van der Waals surface area contributed by atoms with Crippen molar-refractivity contribution < 1.29 is 39.0 Å². The van der Waals surface area contributed by atoms with Crippen LogP contribution in [0.2, 0.25) is 0 Å². The Morgan fingerprint density at radius 1 is 0.382 bits per heavy atom. The Hall–Kier alpha value is -0.320. The maximum absolute atomic E-state index is 10.3. The first-order chi connectivity index (χ1) is 42.3. The fraction of sp³-hybridized carbons (Fsp3) is 1.00. The van der Waals surface area contributed by atoms with Gasteiger partial charge in [-0.2, -0.15) is 0 Å². The molecule has 5 aliphatic heterocycles. The molecule has 8 heteroatoms. The van der Waals surface area contributed by atoms with Crippen molar-refractivity contribution in [2.24, 2.45) is 157 Å². The van der Waals surface area contributed by atoms with Crippen LogP contribution in [0.25, 0.3) is 0 Å². The zero-order valence-corrected chi connectivity index (χ0v) is 59.2. The van der Waals surface area contributed by atoms with E-state index in [0.29, 0.717) is 92.4 Å². The number of rotatable bonds is 3. The zero-order valence-electron chi connectivity index (χ0n) is 59.2. The summed E-state index contributed by atoms with van der Waals surface area (Å²) in [5.74, 6) is 15.7. The predicted molar refractivity (Wildman–Crippen MR) is 354 cm³/mol. The van der Waals surface area contributed by atoms with Crippen molar-refractivity contribution in [1.82, 2.24) is 0 Å². The van der Waals surface area contributed by atoms with E-state index in [9.17, 15) is 15.3 Å². The maximum atomic E-state index is 10.3. The third kappa shape index (κ3) is 10.0. The van der Waals surface area contributed by atoms with E-state index in [2.05, 4.69) is 90.0 Å². The molecule has 5 saturated heterocycles. The second kappa shape index (κ2) is 23.2. The number of aliphatic hydroxyl groups excluding tert-OH is 3. The standard InChI is InChI=1S/2C27H44O3.C27H46O2/c2*1-16-7-12-27(29-15-16)17(2)24-23(30-27)14-22-20-6-5-18-13-19(28)8-10-25(18,3)21(20)9-11-26(22,24)4;1-16(2)6-9-23-17(3)25-24(29-23)15-22-20-8-7-18-14-19(28)10-12-26(18,4)21(20)11-13-27(22,25)5/h2*16-24,28H,5-15H2,1-4H3;16-25,28H,6-15H2,1-5H3/t16-,17+,18?,19+,20-,21+,22+,23+,24+,25+,26+,27-;16-,17-,18+,19-,20+,21-,22-,23-,24-,25-,26-,27+;17-,18-,19+,20-,21+,22+,23?,24?,25+,26+,27+/m101/s1. The number of hydrogen-bond acceptors (Lipinski definition) is 8. The molecule has 17 fully saturated rings. The van der Waals surface area contributed by atoms with Gasteiger partial charge in [-0.05, 0) is 325 Å². The molecule has 0 aromatic carbocycles. The monoisotopic (exact) mass is 1240 g/mol. The summed E-state index contributed by atoms with van der Waals surface area (Å²) in [6.07, 6.45) is 39.7. The average molecular weight is 1240 g/mol. The normalized spacial score (nSPS) is 60.6. The van der Waals surface area contributed by atoms with Crippen LogP contribution in [0.5, 0.6) is 0 Å². The molecule has 12 saturated carbocycles. The van der Waals surface area contributed by atoms with Gasteiger partial charge in [-0.15, -0.1) is 0 Å². The lowest BCUT2D eigenvalue weighted by Gasteiger charge is -2.61. The molecular weight excluding hydrogens is 1100 g/mol. The molecule has 89 heavy (non-hydrogen) atoms. The van der Waals surface area contributed by atoms with Crippen LogP contribution in [0.15, 0.2) is 0 Å². The first-order valence-corrected chi connectivity index (χ1v) is 39.6. The van der Waals surface area contributed by atoms with E-state index >= 15 is 0 Å². The number of hydrogen-bond donors (Lipinski definition) is 3. The minimum Gasteiger partial charge on any atom is -0.393 e. The van der Waals surface area contributed by atoms with Gasteiger partial charge in [-0.25, -0.2) is 0 Å². The molecule has 12 aliphatic carbocycles. The van der Waals surface area contributed by atoms with Crippen LogP contribution in [0, 0.1) is 157 Å². The average Bonchev–Trinajstić information content (AvgIpc) is 1.60. The molecule has 506 valence electrons. The van der Waals surface area contributed by atoms with Crippen molar-refractivity contribution in [1.29, 1.82) is 0 Å². The number of aliphatic hydroxyl groups is 3. The van der Waals surface area contributed by atoms with Crippen molar-refractivity contribution in [3.8, 4) is 0 Å². The summed E-state index contributed by atoms with van der Waals surface area (Å²) < 4.78 is 33.5. The maximum Gasteiger partial charge on any atom is 0.171 e. The Morgan fingerprint density at radius 3 is 1.10 bits per heavy atom. The minimum absolute atomic E-state index is 0.0265. The Balaban J connectivity index is 0.000000112. The van der Waals surface area contributed by atoms with Crippen molar-refractivity contribution in [2.75, 3.05) is 13.2 Å². The predicted octanol–water partition coefficient (Wildman–Crippen LogP) is 18.0. The van der Waals surface area contributed by atoms with Crippen molar-refractivity contribution in [2.45, 2.75) is 337 Å². The Labute approximate surface area is 543 Å². The molecule has 0 amide bonds. The Kier molecular flexibility index (Phi) is 16.8. The summed E-state index contributed by atoms with van der Waals surface area (Å²) in [6, 6.07) is 0. The van der Waals surface area contributed by atoms with E-state index in [0.717, 1.165) is 153 Å². The topological polar surface area (TPSA) is 107 Å². The van der Waals surface area contributed by atoms with Crippen LogP contribution in [0.1, 0.15) is 283 Å². The molecule has 2 spiro atoms. The van der Waals surface area contributed by atoms with Gasteiger partial charge in [0.25, 0.3) is 0 Å². The summed E-state index contributed by atoms with van der Waals surface area (Å²) >= 11 is 0. The fourth-order valence-corrected chi connectivity index (χ4v) is 30.3. The van der Waals surface area contributed by atoms with Gasteiger partial charge in [0, 0.05) is 24.7 Å². The lowest BCUT2D eigenvalue weighted by atomic mass is 9.44. The van der Waals surface area contributed by atoms with Crippen molar-refractivity contribution in [3.05, 3.63) is 0 Å². The van der Waals surface area contributed by atoms with E-state index in [-0.39, 0.29) is 29.9 Å². The first kappa shape index (κ1) is 64.7. The van der Waals surface area contributed by atoms with E-state index in [4.69, 9.17) is 23.7 Å². The molecule has 0 aromatic rings. The van der Waals surface area contributed by atoms with Gasteiger partial charge in [0.2, 0.25) is 0 Å². The Morgan fingerprint density at radius 2 is 0.742 bits per heavy atom. The van der Waals surface area contributed by atoms with Crippen LogP contribution in [0.4, 0.5) is 0 Å². The molecule has 3 N–H and O–H groups in total. The van der Waals surface area contributed by atoms with Gasteiger partial charge in [0.1, 0.15) is 0 Å². The van der Waals surface area contributed by atoms with Crippen LogP contribution >= 0.6 is 0 Å². The molecule has 0 bridgehead atoms. The summed E-state index contributed by atoms with van der Waals surface area (Å²) in [5.41, 5.74) is 2.80. The van der Waals surface area contributed by atoms with Gasteiger partial charge in [0.05, 0.1) is 55.9 Å².